The molecule has 0 radical (unpaired) electrons. The van der Waals surface area contributed by atoms with Crippen molar-refractivity contribution in [3.63, 3.8) is 0 Å². The van der Waals surface area contributed by atoms with Gasteiger partial charge in [-0.3, -0.25) is 4.79 Å². The van der Waals surface area contributed by atoms with Crippen LogP contribution in [0.4, 0.5) is 0 Å². The number of rotatable bonds is 2. The topological polar surface area (TPSA) is 46.5 Å². The van der Waals surface area contributed by atoms with Gasteiger partial charge in [0.2, 0.25) is 0 Å². The molecule has 0 spiro atoms. The van der Waals surface area contributed by atoms with E-state index in [0.29, 0.717) is 18.3 Å². The Hall–Kier alpha value is -0.570. The molecule has 0 aromatic heterocycles. The van der Waals surface area contributed by atoms with Crippen LogP contribution in [-0.2, 0) is 9.53 Å². The van der Waals surface area contributed by atoms with Crippen LogP contribution in [0.5, 0.6) is 0 Å². The van der Waals surface area contributed by atoms with E-state index in [1.54, 1.807) is 0 Å². The van der Waals surface area contributed by atoms with Gasteiger partial charge in [-0.2, -0.15) is 0 Å². The molecule has 0 aromatic carbocycles. The highest BCUT2D eigenvalue weighted by Gasteiger charge is 2.61. The first kappa shape index (κ1) is 18.2. The van der Waals surface area contributed by atoms with E-state index in [9.17, 15) is 9.90 Å². The summed E-state index contributed by atoms with van der Waals surface area (Å²) in [5.74, 6) is 0.979. The molecule has 0 aromatic rings. The molecule has 4 aliphatic rings. The smallest absolute Gasteiger partial charge is 0.313 e. The predicted octanol–water partition coefficient (Wildman–Crippen LogP) is 4.71. The Balaban J connectivity index is 1.89. The Morgan fingerprint density at radius 2 is 1.38 bits per heavy atom. The van der Waals surface area contributed by atoms with E-state index < -0.39 is 16.6 Å². The third kappa shape index (κ3) is 2.62. The lowest BCUT2D eigenvalue weighted by atomic mass is 9.52. The number of carbonyl (C=O) groups excluding carboxylic acids is 1. The Labute approximate surface area is 147 Å². The lowest BCUT2D eigenvalue weighted by molar-refractivity contribution is -0.234. The first-order valence-electron chi connectivity index (χ1n) is 9.66. The fourth-order valence-corrected chi connectivity index (χ4v) is 6.29. The Bertz CT molecular complexity index is 506. The van der Waals surface area contributed by atoms with Crippen LogP contribution >= 0.6 is 0 Å². The van der Waals surface area contributed by atoms with Crippen LogP contribution in [0.25, 0.3) is 0 Å². The second kappa shape index (κ2) is 4.99. The van der Waals surface area contributed by atoms with Crippen LogP contribution in [0.15, 0.2) is 0 Å². The molecule has 138 valence electrons. The Morgan fingerprint density at radius 3 is 1.75 bits per heavy atom. The molecular weight excluding hydrogens is 300 g/mol. The van der Waals surface area contributed by atoms with Crippen molar-refractivity contribution < 1.29 is 14.6 Å². The molecule has 0 heterocycles. The van der Waals surface area contributed by atoms with Gasteiger partial charge >= 0.3 is 5.97 Å². The summed E-state index contributed by atoms with van der Waals surface area (Å²) in [5, 5.41) is 10.9. The zero-order valence-corrected chi connectivity index (χ0v) is 16.7. The molecule has 0 amide bonds. The molecule has 24 heavy (non-hydrogen) atoms. The summed E-state index contributed by atoms with van der Waals surface area (Å²) in [7, 11) is 0. The van der Waals surface area contributed by atoms with Crippen molar-refractivity contribution in [2.45, 2.75) is 98.2 Å². The summed E-state index contributed by atoms with van der Waals surface area (Å²) in [6, 6.07) is 0. The van der Waals surface area contributed by atoms with E-state index in [0.717, 1.165) is 25.7 Å². The molecule has 3 heteroatoms. The van der Waals surface area contributed by atoms with Gasteiger partial charge < -0.3 is 9.84 Å². The maximum atomic E-state index is 13.4. The average Bonchev–Trinajstić information content (AvgIpc) is 2.30. The van der Waals surface area contributed by atoms with Crippen molar-refractivity contribution in [3.8, 4) is 0 Å². The van der Waals surface area contributed by atoms with Crippen LogP contribution < -0.4 is 0 Å². The molecule has 1 N–H and O–H groups in total. The number of esters is 1. The molecular formula is C21H36O3. The minimum Gasteiger partial charge on any atom is -0.458 e. The third-order valence-corrected chi connectivity index (χ3v) is 7.69. The highest BCUT2D eigenvalue weighted by molar-refractivity contribution is 5.79. The Morgan fingerprint density at radius 1 is 0.917 bits per heavy atom. The fourth-order valence-electron chi connectivity index (χ4n) is 6.29. The van der Waals surface area contributed by atoms with E-state index in [1.165, 1.54) is 6.42 Å². The standard InChI is InChI=1S/C21H36O3/c1-17(2,3)19(7,18(4,5)6)16(22)24-21-11-14-8-15(12-21)10-20(23,9-14)13-21/h14-15,23H,8-13H2,1-7H3. The summed E-state index contributed by atoms with van der Waals surface area (Å²) < 4.78 is 6.34. The zero-order chi connectivity index (χ0) is 18.2. The molecule has 4 aliphatic carbocycles. The molecule has 4 rings (SSSR count). The molecule has 0 saturated heterocycles. The highest BCUT2D eigenvalue weighted by Crippen LogP contribution is 2.60. The largest absolute Gasteiger partial charge is 0.458 e. The molecule has 3 nitrogen and oxygen atoms in total. The van der Waals surface area contributed by atoms with Crippen LogP contribution in [-0.4, -0.2) is 22.3 Å². The van der Waals surface area contributed by atoms with E-state index in [-0.39, 0.29) is 16.8 Å². The van der Waals surface area contributed by atoms with Gasteiger partial charge in [0.25, 0.3) is 0 Å². The monoisotopic (exact) mass is 336 g/mol. The minimum atomic E-state index is -0.593. The van der Waals surface area contributed by atoms with Crippen molar-refractivity contribution in [2.24, 2.45) is 28.1 Å². The first-order valence-corrected chi connectivity index (χ1v) is 9.66. The van der Waals surface area contributed by atoms with Gasteiger partial charge in [0.1, 0.15) is 5.60 Å². The van der Waals surface area contributed by atoms with Crippen molar-refractivity contribution in [2.75, 3.05) is 0 Å². The maximum Gasteiger partial charge on any atom is 0.313 e. The van der Waals surface area contributed by atoms with Gasteiger partial charge in [0, 0.05) is 6.42 Å². The van der Waals surface area contributed by atoms with Gasteiger partial charge in [-0.15, -0.1) is 0 Å². The van der Waals surface area contributed by atoms with Crippen molar-refractivity contribution >= 4 is 5.97 Å². The normalized spacial score (nSPS) is 39.2. The Kier molecular flexibility index (Phi) is 3.79. The average molecular weight is 337 g/mol. The molecule has 2 unspecified atom stereocenters. The molecule has 4 fully saturated rings. The lowest BCUT2D eigenvalue weighted by Gasteiger charge is -2.60. The molecule has 2 atom stereocenters. The second-order valence-electron chi connectivity index (χ2n) is 11.4. The number of hydrogen-bond acceptors (Lipinski definition) is 3. The van der Waals surface area contributed by atoms with Crippen LogP contribution in [0.3, 0.4) is 0 Å². The SMILES string of the molecule is CC(C)(C)C(C)(C(=O)OC12CC3CC(CC(O)(C3)C1)C2)C(C)(C)C. The molecule has 4 bridgehead atoms. The number of carbonyl (C=O) groups is 1. The van der Waals surface area contributed by atoms with Crippen LogP contribution in [0, 0.1) is 28.1 Å². The first-order chi connectivity index (χ1) is 10.7. The van der Waals surface area contributed by atoms with Crippen molar-refractivity contribution in [1.29, 1.82) is 0 Å². The van der Waals surface area contributed by atoms with Crippen molar-refractivity contribution in [1.82, 2.24) is 0 Å². The zero-order valence-electron chi connectivity index (χ0n) is 16.7. The van der Waals surface area contributed by atoms with E-state index in [4.69, 9.17) is 4.74 Å². The summed E-state index contributed by atoms with van der Waals surface area (Å²) in [6.07, 6.45) is 5.54. The fraction of sp³-hybridized carbons (Fsp3) is 0.952. The number of ether oxygens (including phenoxy) is 1. The summed E-state index contributed by atoms with van der Waals surface area (Å²) >= 11 is 0. The van der Waals surface area contributed by atoms with E-state index in [2.05, 4.69) is 48.5 Å². The lowest BCUT2D eigenvalue weighted by Crippen LogP contribution is -2.62. The van der Waals surface area contributed by atoms with E-state index in [1.807, 2.05) is 0 Å². The van der Waals surface area contributed by atoms with Crippen LogP contribution in [0.1, 0.15) is 87.0 Å². The highest BCUT2D eigenvalue weighted by atomic mass is 16.6. The van der Waals surface area contributed by atoms with Gasteiger partial charge in [0.15, 0.2) is 0 Å². The van der Waals surface area contributed by atoms with Crippen LogP contribution in [0.2, 0.25) is 0 Å². The quantitative estimate of drug-likeness (QED) is 0.743. The summed E-state index contributed by atoms with van der Waals surface area (Å²) in [4.78, 5) is 13.4. The third-order valence-electron chi connectivity index (χ3n) is 7.69. The number of aliphatic hydroxyl groups is 1. The van der Waals surface area contributed by atoms with Gasteiger partial charge in [-0.05, 0) is 61.7 Å². The molecule has 0 aliphatic heterocycles. The summed E-state index contributed by atoms with van der Waals surface area (Å²) in [6.45, 7) is 14.9. The summed E-state index contributed by atoms with van der Waals surface area (Å²) in [5.41, 5.74) is -1.98. The molecule has 4 saturated carbocycles. The predicted molar refractivity (Wildman–Crippen MR) is 95.5 cm³/mol. The maximum absolute atomic E-state index is 13.4. The van der Waals surface area contributed by atoms with Crippen molar-refractivity contribution in [3.05, 3.63) is 0 Å². The van der Waals surface area contributed by atoms with Gasteiger partial charge in [0.05, 0.1) is 11.0 Å². The van der Waals surface area contributed by atoms with Gasteiger partial charge in [-0.1, -0.05) is 41.5 Å². The van der Waals surface area contributed by atoms with Gasteiger partial charge in [-0.25, -0.2) is 0 Å². The minimum absolute atomic E-state index is 0.0759. The second-order valence-corrected chi connectivity index (χ2v) is 11.4. The number of hydrogen-bond donors (Lipinski definition) is 1. The van der Waals surface area contributed by atoms with E-state index >= 15 is 0 Å².